The molecule has 32 heavy (non-hydrogen) atoms. The van der Waals surface area contributed by atoms with Crippen LogP contribution in [-0.2, 0) is 12.7 Å². The van der Waals surface area contributed by atoms with E-state index in [0.29, 0.717) is 19.6 Å². The second-order valence-electron chi connectivity index (χ2n) is 8.81. The fraction of sp³-hybridized carbons (Fsp3) is 0.636. The summed E-state index contributed by atoms with van der Waals surface area (Å²) in [5.74, 6) is -0.981. The third-order valence-electron chi connectivity index (χ3n) is 6.57. The van der Waals surface area contributed by atoms with Gasteiger partial charge >= 0.3 is 12.4 Å². The molecule has 0 aromatic carbocycles. The van der Waals surface area contributed by atoms with E-state index in [1.807, 2.05) is 4.90 Å². The number of halogens is 6. The third kappa shape index (κ3) is 5.27. The summed E-state index contributed by atoms with van der Waals surface area (Å²) in [5, 5.41) is 4.63. The van der Waals surface area contributed by atoms with E-state index in [4.69, 9.17) is 0 Å². The first-order chi connectivity index (χ1) is 15.1. The second-order valence-corrected chi connectivity index (χ2v) is 8.81. The van der Waals surface area contributed by atoms with Crippen LogP contribution in [0.3, 0.4) is 0 Å². The zero-order valence-electron chi connectivity index (χ0n) is 17.6. The number of likely N-dealkylation sites (tertiary alicyclic amines) is 1. The van der Waals surface area contributed by atoms with E-state index in [2.05, 4.69) is 10.1 Å². The van der Waals surface area contributed by atoms with Crippen molar-refractivity contribution in [1.82, 2.24) is 19.7 Å². The number of pyridine rings is 1. The number of nitrogens with zero attached hydrogens (tertiary/aromatic N) is 4. The van der Waals surface area contributed by atoms with Gasteiger partial charge < -0.3 is 0 Å². The van der Waals surface area contributed by atoms with Crippen molar-refractivity contribution >= 4 is 0 Å². The molecule has 4 nitrogen and oxygen atoms in total. The minimum absolute atomic E-state index is 0.0611. The van der Waals surface area contributed by atoms with Gasteiger partial charge in [0.2, 0.25) is 0 Å². The van der Waals surface area contributed by atoms with Crippen LogP contribution in [0, 0.1) is 5.92 Å². The molecule has 3 heterocycles. The van der Waals surface area contributed by atoms with Gasteiger partial charge in [0.05, 0.1) is 17.2 Å². The summed E-state index contributed by atoms with van der Waals surface area (Å²) in [6.45, 7) is 1.11. The maximum atomic E-state index is 13.1. The number of hydrogen-bond donors (Lipinski definition) is 0. The van der Waals surface area contributed by atoms with Gasteiger partial charge in [-0.3, -0.25) is 4.90 Å². The van der Waals surface area contributed by atoms with Crippen molar-refractivity contribution in [3.05, 3.63) is 41.3 Å². The lowest BCUT2D eigenvalue weighted by atomic mass is 9.85. The summed E-state index contributed by atoms with van der Waals surface area (Å²) in [5.41, 5.74) is 0.899. The van der Waals surface area contributed by atoms with Crippen molar-refractivity contribution in [3.63, 3.8) is 0 Å². The van der Waals surface area contributed by atoms with Gasteiger partial charge in [0.25, 0.3) is 0 Å². The first-order valence-electron chi connectivity index (χ1n) is 11.0. The number of piperidine rings is 1. The SMILES string of the molecule is FC(F)(F)c1ccnc(-n2cc(CN3CCC(C(F)(F)F)CC3)c(C3CCCCC3)n2)c1. The van der Waals surface area contributed by atoms with Crippen LogP contribution >= 0.6 is 0 Å². The van der Waals surface area contributed by atoms with E-state index < -0.39 is 23.8 Å². The highest BCUT2D eigenvalue weighted by atomic mass is 19.4. The smallest absolute Gasteiger partial charge is 0.299 e. The molecule has 0 spiro atoms. The molecule has 10 heteroatoms. The van der Waals surface area contributed by atoms with E-state index in [-0.39, 0.29) is 24.6 Å². The Morgan fingerprint density at radius 2 is 1.62 bits per heavy atom. The molecular weight excluding hydrogens is 434 g/mol. The fourth-order valence-corrected chi connectivity index (χ4v) is 4.76. The second kappa shape index (κ2) is 9.03. The summed E-state index contributed by atoms with van der Waals surface area (Å²) in [4.78, 5) is 6.05. The fourth-order valence-electron chi connectivity index (χ4n) is 4.76. The van der Waals surface area contributed by atoms with Crippen molar-refractivity contribution in [2.75, 3.05) is 13.1 Å². The summed E-state index contributed by atoms with van der Waals surface area (Å²) in [6.07, 6.45) is -0.534. The standard InChI is InChI=1S/C22H26F6N4/c23-21(24,25)17-7-10-31(11-8-17)13-16-14-32(30-20(16)15-4-2-1-3-5-15)19-12-18(6-9-29-19)22(26,27)28/h6,9,12,14-15,17H,1-5,7-8,10-11,13H2. The number of rotatable bonds is 4. The zero-order chi connectivity index (χ0) is 22.9. The van der Waals surface area contributed by atoms with Crippen LogP contribution in [0.5, 0.6) is 0 Å². The van der Waals surface area contributed by atoms with E-state index in [1.54, 1.807) is 6.20 Å². The lowest BCUT2D eigenvalue weighted by Crippen LogP contribution is -2.38. The molecule has 1 saturated heterocycles. The Balaban J connectivity index is 1.58. The van der Waals surface area contributed by atoms with Crippen LogP contribution in [0.4, 0.5) is 26.3 Å². The average molecular weight is 460 g/mol. The molecule has 2 aromatic heterocycles. The van der Waals surface area contributed by atoms with Gasteiger partial charge in [-0.05, 0) is 50.9 Å². The molecule has 2 aliphatic rings. The Hall–Kier alpha value is -2.10. The number of alkyl halides is 6. The van der Waals surface area contributed by atoms with Crippen molar-refractivity contribution in [2.45, 2.75) is 69.8 Å². The molecule has 0 amide bonds. The molecule has 176 valence electrons. The molecule has 0 bridgehead atoms. The van der Waals surface area contributed by atoms with Crippen LogP contribution in [0.2, 0.25) is 0 Å². The van der Waals surface area contributed by atoms with Gasteiger partial charge in [0, 0.05) is 30.4 Å². The summed E-state index contributed by atoms with van der Waals surface area (Å²) in [6, 6.07) is 1.89. The quantitative estimate of drug-likeness (QED) is 0.517. The van der Waals surface area contributed by atoms with Gasteiger partial charge in [-0.2, -0.15) is 31.4 Å². The molecule has 0 atom stereocenters. The van der Waals surface area contributed by atoms with Crippen LogP contribution in [0.25, 0.3) is 5.82 Å². The summed E-state index contributed by atoms with van der Waals surface area (Å²) >= 11 is 0. The molecule has 1 saturated carbocycles. The zero-order valence-corrected chi connectivity index (χ0v) is 17.6. The molecule has 0 unspecified atom stereocenters. The average Bonchev–Trinajstić information content (AvgIpc) is 3.17. The first-order valence-corrected chi connectivity index (χ1v) is 11.0. The predicted molar refractivity (Wildman–Crippen MR) is 106 cm³/mol. The van der Waals surface area contributed by atoms with E-state index in [9.17, 15) is 26.3 Å². The maximum Gasteiger partial charge on any atom is 0.416 e. The Morgan fingerprint density at radius 3 is 2.25 bits per heavy atom. The summed E-state index contributed by atoms with van der Waals surface area (Å²) in [7, 11) is 0. The predicted octanol–water partition coefficient (Wildman–Crippen LogP) is 6.11. The molecular formula is C22H26F6N4. The van der Waals surface area contributed by atoms with Crippen LogP contribution < -0.4 is 0 Å². The molecule has 2 fully saturated rings. The van der Waals surface area contributed by atoms with Gasteiger partial charge in [0.1, 0.15) is 0 Å². The van der Waals surface area contributed by atoms with Gasteiger partial charge in [-0.15, -0.1) is 0 Å². The third-order valence-corrected chi connectivity index (χ3v) is 6.57. The molecule has 2 aromatic rings. The van der Waals surface area contributed by atoms with Crippen LogP contribution in [0.15, 0.2) is 24.5 Å². The largest absolute Gasteiger partial charge is 0.416 e. The van der Waals surface area contributed by atoms with Crippen LogP contribution in [0.1, 0.15) is 67.7 Å². The molecule has 4 rings (SSSR count). The lowest BCUT2D eigenvalue weighted by molar-refractivity contribution is -0.185. The topological polar surface area (TPSA) is 34.0 Å². The molecule has 0 radical (unpaired) electrons. The monoisotopic (exact) mass is 460 g/mol. The van der Waals surface area contributed by atoms with Gasteiger partial charge in [-0.25, -0.2) is 9.67 Å². The van der Waals surface area contributed by atoms with Crippen molar-refractivity contribution < 1.29 is 26.3 Å². The molecule has 1 aliphatic carbocycles. The van der Waals surface area contributed by atoms with Crippen LogP contribution in [-0.4, -0.2) is 38.9 Å². The maximum absolute atomic E-state index is 13.1. The minimum Gasteiger partial charge on any atom is -0.299 e. The number of aromatic nitrogens is 3. The molecule has 1 aliphatic heterocycles. The normalized spacial score (nSPS) is 20.1. The number of hydrogen-bond acceptors (Lipinski definition) is 3. The van der Waals surface area contributed by atoms with Crippen molar-refractivity contribution in [1.29, 1.82) is 0 Å². The Bertz CT molecular complexity index is 906. The Kier molecular flexibility index (Phi) is 6.51. The van der Waals surface area contributed by atoms with E-state index in [1.165, 1.54) is 4.68 Å². The van der Waals surface area contributed by atoms with Gasteiger partial charge in [-0.1, -0.05) is 19.3 Å². The highest BCUT2D eigenvalue weighted by molar-refractivity contribution is 5.32. The van der Waals surface area contributed by atoms with Crippen molar-refractivity contribution in [3.8, 4) is 5.82 Å². The highest BCUT2D eigenvalue weighted by Gasteiger charge is 2.41. The van der Waals surface area contributed by atoms with E-state index in [0.717, 1.165) is 61.7 Å². The molecule has 0 N–H and O–H groups in total. The Labute approximate surface area is 182 Å². The first kappa shape index (κ1) is 23.1. The minimum atomic E-state index is -4.48. The lowest BCUT2D eigenvalue weighted by Gasteiger charge is -2.33. The van der Waals surface area contributed by atoms with Gasteiger partial charge in [0.15, 0.2) is 5.82 Å². The van der Waals surface area contributed by atoms with E-state index >= 15 is 0 Å². The highest BCUT2D eigenvalue weighted by Crippen LogP contribution is 2.37. The van der Waals surface area contributed by atoms with Crippen molar-refractivity contribution in [2.24, 2.45) is 5.92 Å². The Morgan fingerprint density at radius 1 is 0.938 bits per heavy atom. The summed E-state index contributed by atoms with van der Waals surface area (Å²) < 4.78 is 79.8.